The van der Waals surface area contributed by atoms with Crippen LogP contribution in [0.15, 0.2) is 34.9 Å². The van der Waals surface area contributed by atoms with Crippen LogP contribution in [0.25, 0.3) is 0 Å². The minimum Gasteiger partial charge on any atom is -0.387 e. The summed E-state index contributed by atoms with van der Waals surface area (Å²) in [5.41, 5.74) is 78.8. The number of hydrogen-bond donors (Lipinski definition) is 28. The lowest BCUT2D eigenvalue weighted by Gasteiger charge is -2.50. The van der Waals surface area contributed by atoms with Gasteiger partial charge in [-0.1, -0.05) is 0 Å². The molecular formula is C63H119N21O28S7. The maximum Gasteiger partial charge on any atom is 0.187 e. The highest BCUT2D eigenvalue weighted by Crippen LogP contribution is 2.42. The fraction of sp³-hybridized carbons (Fsp3) is 0.889. The molecule has 0 amide bonds. The Bertz CT molecular complexity index is 2670. The molecule has 119 heavy (non-hydrogen) atoms. The van der Waals surface area contributed by atoms with Crippen molar-refractivity contribution in [2.45, 2.75) is 215 Å². The highest BCUT2D eigenvalue weighted by Gasteiger charge is 2.60. The maximum atomic E-state index is 12.4. The summed E-state index contributed by atoms with van der Waals surface area (Å²) in [4.78, 5) is 28.2. The van der Waals surface area contributed by atoms with Crippen LogP contribution in [0.3, 0.4) is 0 Å². The third-order valence-corrected chi connectivity index (χ3v) is 26.5. The van der Waals surface area contributed by atoms with Crippen molar-refractivity contribution < 1.29 is 138 Å². The average Bonchev–Trinajstić information content (AvgIpc) is 0.957. The minimum absolute atomic E-state index is 0.0731. The first kappa shape index (κ1) is 101. The molecule has 0 radical (unpaired) electrons. The Morgan fingerprint density at radius 1 is 0.176 bits per heavy atom. The van der Waals surface area contributed by atoms with Crippen LogP contribution in [0.5, 0.6) is 0 Å². The van der Waals surface area contributed by atoms with Gasteiger partial charge in [-0.2, -0.15) is 82.3 Å². The zero-order chi connectivity index (χ0) is 86.9. The summed E-state index contributed by atoms with van der Waals surface area (Å²) in [6.07, 6.45) is -64.8. The minimum atomic E-state index is -2.14. The number of aliphatic hydroxyl groups is 14. The second-order valence-corrected chi connectivity index (χ2v) is 36.1. The van der Waals surface area contributed by atoms with Gasteiger partial charge in [0, 0.05) is 80.5 Å². The molecule has 0 saturated carbocycles. The Labute approximate surface area is 714 Å². The topological polar surface area (TPSA) is 863 Å². The number of nitrogens with two attached hydrogens (primary N) is 14. The molecule has 42 N–H and O–H groups in total. The zero-order valence-corrected chi connectivity index (χ0v) is 70.3. The van der Waals surface area contributed by atoms with Gasteiger partial charge in [0.25, 0.3) is 0 Å². The molecule has 21 heterocycles. The van der Waals surface area contributed by atoms with Crippen molar-refractivity contribution >= 4 is 124 Å². The van der Waals surface area contributed by atoms with E-state index in [0.29, 0.717) is 0 Å². The van der Waals surface area contributed by atoms with Crippen molar-refractivity contribution in [1.29, 1.82) is 0 Å². The van der Waals surface area contributed by atoms with Gasteiger partial charge in [0.15, 0.2) is 85.7 Å². The predicted octanol–water partition coefficient (Wildman–Crippen LogP) is -15.1. The second-order valence-electron chi connectivity index (χ2n) is 28.0. The van der Waals surface area contributed by atoms with Crippen molar-refractivity contribution in [3.63, 3.8) is 0 Å². The molecule has 21 fully saturated rings. The summed E-state index contributed by atoms with van der Waals surface area (Å²) in [5, 5.41) is 173. The predicted molar refractivity (Wildman–Crippen MR) is 445 cm³/mol. The number of aliphatic hydroxyl groups excluding tert-OH is 14. The molecular weight excluding hydrogens is 1720 g/mol. The van der Waals surface area contributed by atoms with E-state index < -0.39 is 215 Å². The van der Waals surface area contributed by atoms with Crippen LogP contribution in [0.1, 0.15) is 0 Å². The molecule has 21 rings (SSSR count). The van der Waals surface area contributed by atoms with Crippen LogP contribution >= 0.6 is 82.3 Å². The Kier molecular flexibility index (Phi) is 42.2. The molecule has 2 unspecified atom stereocenters. The lowest BCUT2D eigenvalue weighted by molar-refractivity contribution is -0.389. The summed E-state index contributed by atoms with van der Waals surface area (Å²) in [6, 6.07) is 0. The highest BCUT2D eigenvalue weighted by molar-refractivity contribution is 8.00. The van der Waals surface area contributed by atoms with Crippen LogP contribution in [0.4, 0.5) is 0 Å². The third kappa shape index (κ3) is 29.7. The molecule has 21 aliphatic heterocycles. The lowest BCUT2D eigenvalue weighted by atomic mass is 9.95. The number of aliphatic imine (C=N–C) groups is 7. The molecule has 0 aromatic heterocycles. The van der Waals surface area contributed by atoms with Gasteiger partial charge >= 0.3 is 0 Å². The summed E-state index contributed by atoms with van der Waals surface area (Å²) >= 11 is 8.13. The molecule has 0 aliphatic carbocycles. The summed E-state index contributed by atoms with van der Waals surface area (Å²) < 4.78 is 90.3. The zero-order valence-electron chi connectivity index (χ0n) is 64.6. The summed E-state index contributed by atoms with van der Waals surface area (Å²) in [6.45, 7) is 0.512. The average molecular weight is 1840 g/mol. The smallest absolute Gasteiger partial charge is 0.187 e. The molecule has 49 nitrogen and oxygen atoms in total. The molecule has 0 aromatic rings. The monoisotopic (exact) mass is 1840 g/mol. The SMILES string of the molecule is NC(N)=NCCSC[C@H]1O[C@@H]2O[C@H]3[C@H](O)[C@@H](O)[C@@H](O[C@H]4[C@H](O)[C@@H](O)[C@@H](O[C@H]5[C@H](O)[C@@H](O)[C@@H](O[C@H]6[C@H](O)[C@@H](O)C(O[C@H]7[C@H](O)[C@@H](O)[C@@H](O[C@H]8[C@H](O)[C@@H](O)C(O[C@H]1[C@H](O)[C@H]2O)O[C@@H]8CSCCN=C(N)N)O[C@@H]7CSCCN=C(N)N)O[C@@H]6CSCCN=C(N)N)O[C@@H]5CSCCN=C(N)N)O[C@@H]4CSCCN=C(N)N)O[C@@H]3CSCCN=C(N)N. The molecule has 14 bridgehead atoms. The maximum absolute atomic E-state index is 12.4. The first-order chi connectivity index (χ1) is 56.6. The molecule has 21 saturated heterocycles. The van der Waals surface area contributed by atoms with Crippen LogP contribution in [-0.4, -0.2) is 455 Å². The van der Waals surface area contributed by atoms with E-state index in [2.05, 4.69) is 34.9 Å². The fourth-order valence-electron chi connectivity index (χ4n) is 13.4. The first-order valence-electron chi connectivity index (χ1n) is 37.8. The second kappa shape index (κ2) is 49.9. The molecule has 686 valence electrons. The normalized spacial score (nSPS) is 39.5. The van der Waals surface area contributed by atoms with E-state index in [1.165, 1.54) is 0 Å². The van der Waals surface area contributed by atoms with Crippen molar-refractivity contribution in [2.75, 3.05) is 126 Å². The number of thioether (sulfide) groups is 7. The van der Waals surface area contributed by atoms with E-state index in [0.717, 1.165) is 82.3 Å². The molecule has 21 aliphatic rings. The van der Waals surface area contributed by atoms with E-state index >= 15 is 0 Å². The van der Waals surface area contributed by atoms with Gasteiger partial charge in [0.2, 0.25) is 0 Å². The van der Waals surface area contributed by atoms with Gasteiger partial charge in [0.1, 0.15) is 128 Å². The third-order valence-electron chi connectivity index (χ3n) is 19.2. The Morgan fingerprint density at radius 3 is 0.387 bits per heavy atom. The van der Waals surface area contributed by atoms with E-state index in [1.54, 1.807) is 0 Å². The lowest BCUT2D eigenvalue weighted by Crippen LogP contribution is -2.68. The first-order valence-corrected chi connectivity index (χ1v) is 45.9. The van der Waals surface area contributed by atoms with E-state index in [4.69, 9.17) is 147 Å². The van der Waals surface area contributed by atoms with Crippen LogP contribution in [-0.2, 0) is 66.3 Å². The highest BCUT2D eigenvalue weighted by atomic mass is 32.2. The van der Waals surface area contributed by atoms with E-state index in [1.807, 2.05) is 0 Å². The van der Waals surface area contributed by atoms with Gasteiger partial charge in [0.05, 0.1) is 88.5 Å². The Morgan fingerprint density at radius 2 is 0.286 bits per heavy atom. The number of hydrogen-bond acceptors (Lipinski definition) is 42. The Balaban J connectivity index is 1.22. The standard InChI is InChI=1S/C63H119N21O28S7/c64-57(65)78-1-8-113-15-22-43-29(85)36(92)50(99-22)107-44-23(16-114-9-2-79-58(66)67)101-52(38(94)31(44)87)109-46-25(18-116-11-4-81-60(70)71)103-54(40(96)33(46)89)111-48-27(20-118-13-6-83-62(74)75)105-56(42(98)35(48)91)112-49-28(21-119-14-7-84-63(76)77)104-55(41(97)34(49)90)110-47-26(19-117-12-5-82-61(72)73)102-53(39(95)32(47)88)108-45-24(17-115-10-3-80-59(68)69)100-51(106-43)37(93)30(45)86/h22-56,85-98H,1-21H2,(H4,64,65,78)(H4,66,67,79)(H4,68,69,80)(H4,70,71,81)(H4,72,73,82)(H4,74,75,83)(H4,76,77,84)/t22-,23-,24-,25-,26-,27-,28-,29-,30-,31-,32-,33-,34-,35-,36-,37-,38-,39-,40-,41-,42-,43-,44-,45-,46-,47-,48-,49-,50-,51-,52-,53-,54?,55?,56-/m1/s1. The van der Waals surface area contributed by atoms with Gasteiger partial charge in [-0.3, -0.25) is 34.9 Å². The van der Waals surface area contributed by atoms with Crippen molar-refractivity contribution in [2.24, 2.45) is 115 Å². The largest absolute Gasteiger partial charge is 0.387 e. The van der Waals surface area contributed by atoms with Gasteiger partial charge in [-0.15, -0.1) is 0 Å². The van der Waals surface area contributed by atoms with E-state index in [9.17, 15) is 71.5 Å². The van der Waals surface area contributed by atoms with Crippen LogP contribution in [0, 0.1) is 0 Å². The Hall–Kier alpha value is -3.78. The quantitative estimate of drug-likeness (QED) is 0.0159. The number of rotatable bonds is 35. The number of ether oxygens (including phenoxy) is 14. The summed E-state index contributed by atoms with van der Waals surface area (Å²) in [5.74, 6) is -1.09. The number of nitrogens with zero attached hydrogens (tertiary/aromatic N) is 7. The van der Waals surface area contributed by atoms with E-state index in [-0.39, 0.29) is 168 Å². The number of guanidine groups is 7. The van der Waals surface area contributed by atoms with Crippen molar-refractivity contribution in [1.82, 2.24) is 0 Å². The molecule has 56 heteroatoms. The van der Waals surface area contributed by atoms with Gasteiger partial charge in [-0.05, 0) is 0 Å². The summed E-state index contributed by atoms with van der Waals surface area (Å²) in [7, 11) is 0. The van der Waals surface area contributed by atoms with Crippen molar-refractivity contribution in [3.8, 4) is 0 Å². The van der Waals surface area contributed by atoms with Crippen LogP contribution < -0.4 is 80.3 Å². The van der Waals surface area contributed by atoms with Gasteiger partial charge in [-0.25, -0.2) is 0 Å². The fourth-order valence-corrected chi connectivity index (χ4v) is 19.6. The molecule has 35 atom stereocenters. The van der Waals surface area contributed by atoms with Crippen LogP contribution in [0.2, 0.25) is 0 Å². The van der Waals surface area contributed by atoms with Crippen molar-refractivity contribution in [3.05, 3.63) is 0 Å². The van der Waals surface area contributed by atoms with Gasteiger partial charge < -0.3 is 218 Å². The molecule has 0 spiro atoms. The molecule has 0 aromatic carbocycles.